The Morgan fingerprint density at radius 2 is 1.61 bits per heavy atom. The molecule has 0 saturated heterocycles. The number of hydrogen-bond donors (Lipinski definition) is 1. The summed E-state index contributed by atoms with van der Waals surface area (Å²) >= 11 is 3.34. The van der Waals surface area contributed by atoms with E-state index in [-0.39, 0.29) is 21.7 Å². The number of hydrogen-bond acceptors (Lipinski definition) is 6. The van der Waals surface area contributed by atoms with Crippen molar-refractivity contribution in [1.82, 2.24) is 4.98 Å². The molecule has 0 saturated carbocycles. The van der Waals surface area contributed by atoms with E-state index in [1.54, 1.807) is 36.4 Å². The van der Waals surface area contributed by atoms with Crippen molar-refractivity contribution < 1.29 is 17.6 Å². The Kier molecular flexibility index (Phi) is 6.58. The summed E-state index contributed by atoms with van der Waals surface area (Å²) in [5.74, 6) is 0.969. The zero-order chi connectivity index (χ0) is 23.6. The highest BCUT2D eigenvalue weighted by Crippen LogP contribution is 2.35. The van der Waals surface area contributed by atoms with Crippen LogP contribution in [0.15, 0.2) is 85.5 Å². The molecule has 6 nitrogen and oxygen atoms in total. The molecule has 3 aromatic carbocycles. The molecular formula is C25H23BrN2O4S. The molecule has 0 amide bonds. The molecule has 0 unspecified atom stereocenters. The number of rotatable bonds is 7. The van der Waals surface area contributed by atoms with Gasteiger partial charge in [0, 0.05) is 15.7 Å². The third kappa shape index (κ3) is 5.12. The van der Waals surface area contributed by atoms with E-state index < -0.39 is 9.84 Å². The average Bonchev–Trinajstić information content (AvgIpc) is 3.19. The highest BCUT2D eigenvalue weighted by molar-refractivity contribution is 9.10. The SMILES string of the molecule is CCOc1ccc(-c2nc(S(=O)(=O)c3ccc(Br)cc3)c(Nc3cc(C)cc(C)c3)o2)cc1. The third-order valence-electron chi connectivity index (χ3n) is 4.87. The van der Waals surface area contributed by atoms with Crippen LogP contribution in [-0.2, 0) is 9.84 Å². The number of oxazole rings is 1. The molecule has 1 heterocycles. The molecule has 4 aromatic rings. The Bertz CT molecular complexity index is 1360. The molecule has 33 heavy (non-hydrogen) atoms. The molecule has 1 aromatic heterocycles. The Balaban J connectivity index is 1.81. The van der Waals surface area contributed by atoms with Gasteiger partial charge >= 0.3 is 0 Å². The molecule has 0 aliphatic rings. The predicted molar refractivity (Wildman–Crippen MR) is 132 cm³/mol. The summed E-state index contributed by atoms with van der Waals surface area (Å²) in [5, 5.41) is 2.95. The second kappa shape index (κ2) is 9.41. The van der Waals surface area contributed by atoms with Gasteiger partial charge in [0.15, 0.2) is 0 Å². The summed E-state index contributed by atoms with van der Waals surface area (Å²) in [6.07, 6.45) is 0. The normalized spacial score (nSPS) is 11.4. The van der Waals surface area contributed by atoms with E-state index in [1.165, 1.54) is 12.1 Å². The van der Waals surface area contributed by atoms with Gasteiger partial charge in [0.1, 0.15) is 5.75 Å². The van der Waals surface area contributed by atoms with Gasteiger partial charge in [-0.15, -0.1) is 0 Å². The van der Waals surface area contributed by atoms with Gasteiger partial charge in [-0.3, -0.25) is 0 Å². The van der Waals surface area contributed by atoms with Crippen LogP contribution in [0.25, 0.3) is 11.5 Å². The van der Waals surface area contributed by atoms with Crippen molar-refractivity contribution >= 4 is 37.3 Å². The molecule has 0 atom stereocenters. The summed E-state index contributed by atoms with van der Waals surface area (Å²) in [6.45, 7) is 6.41. The van der Waals surface area contributed by atoms with E-state index in [4.69, 9.17) is 9.15 Å². The lowest BCUT2D eigenvalue weighted by atomic mass is 10.1. The second-order valence-corrected chi connectivity index (χ2v) is 10.4. The Morgan fingerprint density at radius 1 is 0.970 bits per heavy atom. The largest absolute Gasteiger partial charge is 0.494 e. The number of nitrogens with zero attached hydrogens (tertiary/aromatic N) is 1. The minimum absolute atomic E-state index is 0.0619. The minimum atomic E-state index is -3.94. The molecule has 0 aliphatic carbocycles. The van der Waals surface area contributed by atoms with Crippen LogP contribution in [0, 0.1) is 13.8 Å². The van der Waals surface area contributed by atoms with E-state index in [2.05, 4.69) is 26.2 Å². The number of benzene rings is 3. The summed E-state index contributed by atoms with van der Waals surface area (Å²) in [4.78, 5) is 4.52. The van der Waals surface area contributed by atoms with E-state index in [9.17, 15) is 8.42 Å². The van der Waals surface area contributed by atoms with Gasteiger partial charge in [0.05, 0.1) is 11.5 Å². The molecule has 4 rings (SSSR count). The number of ether oxygens (including phenoxy) is 1. The summed E-state index contributed by atoms with van der Waals surface area (Å²) < 4.78 is 39.2. The zero-order valence-corrected chi connectivity index (χ0v) is 20.8. The lowest BCUT2D eigenvalue weighted by Gasteiger charge is -2.08. The van der Waals surface area contributed by atoms with Crippen LogP contribution in [0.5, 0.6) is 5.75 Å². The maximum atomic E-state index is 13.5. The molecular weight excluding hydrogens is 504 g/mol. The van der Waals surface area contributed by atoms with Crippen LogP contribution in [0.4, 0.5) is 11.6 Å². The van der Waals surface area contributed by atoms with Crippen LogP contribution >= 0.6 is 15.9 Å². The van der Waals surface area contributed by atoms with E-state index in [0.29, 0.717) is 23.6 Å². The number of aromatic nitrogens is 1. The number of aryl methyl sites for hydroxylation is 2. The fraction of sp³-hybridized carbons (Fsp3) is 0.160. The van der Waals surface area contributed by atoms with Crippen molar-refractivity contribution in [3.63, 3.8) is 0 Å². The predicted octanol–water partition coefficient (Wildman–Crippen LogP) is 6.70. The van der Waals surface area contributed by atoms with Crippen molar-refractivity contribution in [3.05, 3.63) is 82.3 Å². The minimum Gasteiger partial charge on any atom is -0.494 e. The van der Waals surface area contributed by atoms with Gasteiger partial charge < -0.3 is 14.5 Å². The first-order chi connectivity index (χ1) is 15.8. The number of halogens is 1. The maximum absolute atomic E-state index is 13.5. The summed E-state index contributed by atoms with van der Waals surface area (Å²) in [5.41, 5.74) is 3.44. The first-order valence-electron chi connectivity index (χ1n) is 10.4. The molecule has 0 aliphatic heterocycles. The van der Waals surface area contributed by atoms with E-state index in [1.807, 2.05) is 39.0 Å². The zero-order valence-electron chi connectivity index (χ0n) is 18.4. The Hall–Kier alpha value is -3.10. The van der Waals surface area contributed by atoms with Crippen molar-refractivity contribution in [2.24, 2.45) is 0 Å². The average molecular weight is 527 g/mol. The first kappa shape index (κ1) is 23.1. The van der Waals surface area contributed by atoms with Gasteiger partial charge in [0.25, 0.3) is 0 Å². The molecule has 0 fully saturated rings. The topological polar surface area (TPSA) is 81.4 Å². The third-order valence-corrected chi connectivity index (χ3v) is 7.07. The number of nitrogens with one attached hydrogen (secondary N) is 1. The van der Waals surface area contributed by atoms with Gasteiger partial charge in [-0.25, -0.2) is 8.42 Å². The highest BCUT2D eigenvalue weighted by atomic mass is 79.9. The fourth-order valence-corrected chi connectivity index (χ4v) is 4.98. The van der Waals surface area contributed by atoms with Gasteiger partial charge in [0.2, 0.25) is 26.6 Å². The molecule has 170 valence electrons. The number of anilines is 2. The summed E-state index contributed by atoms with van der Waals surface area (Å²) in [6, 6.07) is 19.5. The van der Waals surface area contributed by atoms with E-state index in [0.717, 1.165) is 15.6 Å². The second-order valence-electron chi connectivity index (χ2n) is 7.57. The smallest absolute Gasteiger partial charge is 0.238 e. The van der Waals surface area contributed by atoms with Crippen LogP contribution in [-0.4, -0.2) is 20.0 Å². The quantitative estimate of drug-likeness (QED) is 0.288. The lowest BCUT2D eigenvalue weighted by Crippen LogP contribution is -2.05. The van der Waals surface area contributed by atoms with Crippen LogP contribution < -0.4 is 10.1 Å². The van der Waals surface area contributed by atoms with Crippen molar-refractivity contribution in [3.8, 4) is 17.2 Å². The van der Waals surface area contributed by atoms with Crippen LogP contribution in [0.3, 0.4) is 0 Å². The van der Waals surface area contributed by atoms with Gasteiger partial charge in [-0.2, -0.15) is 4.98 Å². The summed E-state index contributed by atoms with van der Waals surface area (Å²) in [7, 11) is -3.94. The monoisotopic (exact) mass is 526 g/mol. The van der Waals surface area contributed by atoms with Crippen LogP contribution in [0.1, 0.15) is 18.1 Å². The van der Waals surface area contributed by atoms with Crippen molar-refractivity contribution in [2.45, 2.75) is 30.7 Å². The molecule has 0 radical (unpaired) electrons. The van der Waals surface area contributed by atoms with E-state index >= 15 is 0 Å². The first-order valence-corrected chi connectivity index (χ1v) is 12.6. The number of sulfone groups is 1. The van der Waals surface area contributed by atoms with Crippen molar-refractivity contribution in [1.29, 1.82) is 0 Å². The Labute approximate surface area is 201 Å². The maximum Gasteiger partial charge on any atom is 0.238 e. The van der Waals surface area contributed by atoms with Crippen molar-refractivity contribution in [2.75, 3.05) is 11.9 Å². The standard InChI is InChI=1S/C25H23BrN2O4S/c1-4-31-21-9-5-18(6-10-21)23-28-25(33(29,30)22-11-7-19(26)8-12-22)24(32-23)27-20-14-16(2)13-17(3)15-20/h5-15,27H,4H2,1-3H3. The molecule has 0 spiro atoms. The van der Waals surface area contributed by atoms with Crippen LogP contribution in [0.2, 0.25) is 0 Å². The fourth-order valence-electron chi connectivity index (χ4n) is 3.45. The van der Waals surface area contributed by atoms with Gasteiger partial charge in [-0.1, -0.05) is 22.0 Å². The highest BCUT2D eigenvalue weighted by Gasteiger charge is 2.29. The van der Waals surface area contributed by atoms with Gasteiger partial charge in [-0.05, 0) is 92.6 Å². The Morgan fingerprint density at radius 3 is 2.21 bits per heavy atom. The molecule has 8 heteroatoms. The molecule has 0 bridgehead atoms. The molecule has 1 N–H and O–H groups in total. The lowest BCUT2D eigenvalue weighted by molar-refractivity contribution is 0.340.